The molecule has 0 aromatic heterocycles. The summed E-state index contributed by atoms with van der Waals surface area (Å²) in [6, 6.07) is 4.66. The van der Waals surface area contributed by atoms with Gasteiger partial charge in [0.25, 0.3) is 0 Å². The maximum Gasteiger partial charge on any atom is 0.138 e. The predicted molar refractivity (Wildman–Crippen MR) is 45.9 cm³/mol. The van der Waals surface area contributed by atoms with E-state index in [2.05, 4.69) is 21.0 Å². The zero-order chi connectivity index (χ0) is 8.27. The van der Waals surface area contributed by atoms with E-state index in [4.69, 9.17) is 5.84 Å². The fraction of sp³-hybridized carbons (Fsp3) is 0. The van der Waals surface area contributed by atoms with Crippen molar-refractivity contribution in [1.29, 1.82) is 0 Å². The van der Waals surface area contributed by atoms with Gasteiger partial charge < -0.3 is 5.84 Å². The lowest BCUT2D eigenvalue weighted by Crippen LogP contribution is -1.87. The van der Waals surface area contributed by atoms with Gasteiger partial charge in [0, 0.05) is 0 Å². The van der Waals surface area contributed by atoms with Gasteiger partial charge in [-0.3, -0.25) is 0 Å². The first-order chi connectivity index (χ1) is 5.24. The summed E-state index contributed by atoms with van der Waals surface area (Å²) in [5.74, 6) is 4.57. The van der Waals surface area contributed by atoms with Crippen LogP contribution in [0.25, 0.3) is 0 Å². The zero-order valence-corrected chi connectivity index (χ0v) is 7.18. The minimum atomic E-state index is -0.317. The minimum Gasteiger partial charge on any atom is -0.323 e. The van der Waals surface area contributed by atoms with Gasteiger partial charge in [-0.05, 0) is 33.6 Å². The van der Waals surface area contributed by atoms with Crippen LogP contribution < -0.4 is 5.84 Å². The van der Waals surface area contributed by atoms with E-state index in [1.54, 1.807) is 12.1 Å². The Morgan fingerprint density at radius 1 is 1.55 bits per heavy atom. The summed E-state index contributed by atoms with van der Waals surface area (Å²) in [5, 5.41) is 3.27. The van der Waals surface area contributed by atoms with Crippen LogP contribution in [0.15, 0.2) is 27.8 Å². The second-order valence-corrected chi connectivity index (χ2v) is 2.81. The molecular weight excluding hydrogens is 211 g/mol. The summed E-state index contributed by atoms with van der Waals surface area (Å²) in [5.41, 5.74) is 0.646. The summed E-state index contributed by atoms with van der Waals surface area (Å²) >= 11 is 3.03. The van der Waals surface area contributed by atoms with E-state index in [1.807, 2.05) is 0 Å². The molecule has 11 heavy (non-hydrogen) atoms. The molecule has 0 saturated carbocycles. The minimum absolute atomic E-state index is 0.317. The first-order valence-electron chi connectivity index (χ1n) is 2.92. The van der Waals surface area contributed by atoms with Gasteiger partial charge >= 0.3 is 0 Å². The number of hydrogen-bond donors (Lipinski definition) is 1. The predicted octanol–water partition coefficient (Wildman–Crippen LogP) is 1.88. The Kier molecular flexibility index (Phi) is 2.59. The smallest absolute Gasteiger partial charge is 0.138 e. The summed E-state index contributed by atoms with van der Waals surface area (Å²) < 4.78 is 13.2. The molecule has 0 saturated heterocycles. The van der Waals surface area contributed by atoms with Crippen LogP contribution in [0.3, 0.4) is 0 Å². The second kappa shape index (κ2) is 3.48. The number of halogens is 2. The molecule has 0 heterocycles. The van der Waals surface area contributed by atoms with Crippen molar-refractivity contribution in [3.05, 3.63) is 34.1 Å². The lowest BCUT2D eigenvalue weighted by molar-refractivity contribution is 0.621. The van der Waals surface area contributed by atoms with E-state index in [-0.39, 0.29) is 5.82 Å². The van der Waals surface area contributed by atoms with E-state index >= 15 is 0 Å². The van der Waals surface area contributed by atoms with Crippen molar-refractivity contribution in [2.45, 2.75) is 0 Å². The Morgan fingerprint density at radius 2 is 2.27 bits per heavy atom. The summed E-state index contributed by atoms with van der Waals surface area (Å²) in [6.45, 7) is 0. The van der Waals surface area contributed by atoms with Crippen LogP contribution in [-0.4, -0.2) is 6.21 Å². The average Bonchev–Trinajstić information content (AvgIpc) is 1.98. The standard InChI is InChI=1S/C7H6BrFN2/c8-6-2-1-5(4-11-10)3-7(6)9/h1-4H,10H2. The normalized spacial score (nSPS) is 10.7. The molecule has 2 N–H and O–H groups in total. The lowest BCUT2D eigenvalue weighted by Gasteiger charge is -1.94. The highest BCUT2D eigenvalue weighted by molar-refractivity contribution is 9.10. The topological polar surface area (TPSA) is 38.4 Å². The van der Waals surface area contributed by atoms with Crippen LogP contribution >= 0.6 is 15.9 Å². The van der Waals surface area contributed by atoms with Crippen molar-refractivity contribution in [3.8, 4) is 0 Å². The molecule has 1 rings (SSSR count). The Hall–Kier alpha value is -0.900. The molecule has 1 aromatic carbocycles. The van der Waals surface area contributed by atoms with Gasteiger partial charge in [0.05, 0.1) is 10.7 Å². The third-order valence-corrected chi connectivity index (χ3v) is 1.81. The number of nitrogens with two attached hydrogens (primary N) is 1. The van der Waals surface area contributed by atoms with E-state index < -0.39 is 0 Å². The quantitative estimate of drug-likeness (QED) is 0.435. The van der Waals surface area contributed by atoms with Gasteiger partial charge in [0.1, 0.15) is 5.82 Å². The third kappa shape index (κ3) is 2.01. The first kappa shape index (κ1) is 8.20. The van der Waals surface area contributed by atoms with Gasteiger partial charge in [0.2, 0.25) is 0 Å². The van der Waals surface area contributed by atoms with Gasteiger partial charge in [-0.15, -0.1) is 0 Å². The lowest BCUT2D eigenvalue weighted by atomic mass is 10.2. The Bertz CT molecular complexity index is 286. The van der Waals surface area contributed by atoms with Crippen LogP contribution in [-0.2, 0) is 0 Å². The molecule has 0 aliphatic carbocycles. The largest absolute Gasteiger partial charge is 0.323 e. The van der Waals surface area contributed by atoms with Crippen molar-refractivity contribution in [3.63, 3.8) is 0 Å². The summed E-state index contributed by atoms with van der Waals surface area (Å²) in [7, 11) is 0. The molecule has 0 aliphatic rings. The van der Waals surface area contributed by atoms with Crippen LogP contribution in [0.1, 0.15) is 5.56 Å². The third-order valence-electron chi connectivity index (χ3n) is 1.17. The van der Waals surface area contributed by atoms with Crippen LogP contribution in [0.2, 0.25) is 0 Å². The van der Waals surface area contributed by atoms with Crippen molar-refractivity contribution in [2.75, 3.05) is 0 Å². The Balaban J connectivity index is 3.05. The van der Waals surface area contributed by atoms with Gasteiger partial charge in [-0.1, -0.05) is 6.07 Å². The van der Waals surface area contributed by atoms with Crippen molar-refractivity contribution < 1.29 is 4.39 Å². The summed E-state index contributed by atoms with van der Waals surface area (Å²) in [4.78, 5) is 0. The fourth-order valence-electron chi connectivity index (χ4n) is 0.679. The zero-order valence-electron chi connectivity index (χ0n) is 5.59. The molecule has 4 heteroatoms. The van der Waals surface area contributed by atoms with Crippen molar-refractivity contribution in [2.24, 2.45) is 10.9 Å². The molecule has 0 fully saturated rings. The number of hydrogen-bond acceptors (Lipinski definition) is 2. The van der Waals surface area contributed by atoms with E-state index in [0.29, 0.717) is 10.0 Å². The Labute approximate surface area is 72.0 Å². The maximum atomic E-state index is 12.8. The van der Waals surface area contributed by atoms with Crippen LogP contribution in [0.4, 0.5) is 4.39 Å². The summed E-state index contributed by atoms with van der Waals surface area (Å²) in [6.07, 6.45) is 1.38. The molecule has 0 aliphatic heterocycles. The SMILES string of the molecule is NN=Cc1ccc(Br)c(F)c1. The van der Waals surface area contributed by atoms with Crippen LogP contribution in [0, 0.1) is 5.82 Å². The van der Waals surface area contributed by atoms with E-state index in [9.17, 15) is 4.39 Å². The van der Waals surface area contributed by atoms with Gasteiger partial charge in [-0.2, -0.15) is 5.10 Å². The molecule has 0 amide bonds. The number of hydrazone groups is 1. The molecule has 58 valence electrons. The van der Waals surface area contributed by atoms with Gasteiger partial charge in [-0.25, -0.2) is 4.39 Å². The molecule has 0 spiro atoms. The number of benzene rings is 1. The molecule has 0 atom stereocenters. The highest BCUT2D eigenvalue weighted by Gasteiger charge is 1.97. The number of rotatable bonds is 1. The molecule has 1 aromatic rings. The fourth-order valence-corrected chi connectivity index (χ4v) is 0.925. The molecule has 2 nitrogen and oxygen atoms in total. The highest BCUT2D eigenvalue weighted by atomic mass is 79.9. The average molecular weight is 217 g/mol. The van der Waals surface area contributed by atoms with E-state index in [0.717, 1.165) is 0 Å². The number of nitrogens with zero attached hydrogens (tertiary/aromatic N) is 1. The second-order valence-electron chi connectivity index (χ2n) is 1.95. The molecule has 0 radical (unpaired) electrons. The monoisotopic (exact) mass is 216 g/mol. The molecule has 0 bridgehead atoms. The first-order valence-corrected chi connectivity index (χ1v) is 3.71. The Morgan fingerprint density at radius 3 is 2.82 bits per heavy atom. The molecular formula is C7H6BrFN2. The van der Waals surface area contributed by atoms with Crippen molar-refractivity contribution >= 4 is 22.1 Å². The highest BCUT2D eigenvalue weighted by Crippen LogP contribution is 2.15. The maximum absolute atomic E-state index is 12.8. The molecule has 0 unspecified atom stereocenters. The van der Waals surface area contributed by atoms with Crippen molar-refractivity contribution in [1.82, 2.24) is 0 Å². The van der Waals surface area contributed by atoms with E-state index in [1.165, 1.54) is 12.3 Å². The van der Waals surface area contributed by atoms with Crippen LogP contribution in [0.5, 0.6) is 0 Å². The van der Waals surface area contributed by atoms with Gasteiger partial charge in [0.15, 0.2) is 0 Å².